The summed E-state index contributed by atoms with van der Waals surface area (Å²) in [4.78, 5) is 22.6. The molecule has 1 saturated carbocycles. The summed E-state index contributed by atoms with van der Waals surface area (Å²) in [5, 5.41) is 27.0. The van der Waals surface area contributed by atoms with Gasteiger partial charge in [-0.2, -0.15) is 0 Å². The summed E-state index contributed by atoms with van der Waals surface area (Å²) in [5.41, 5.74) is 0. The van der Waals surface area contributed by atoms with Crippen LogP contribution in [0.25, 0.3) is 0 Å². The molecular weight excluding hydrogens is 228 g/mol. The number of rotatable bonds is 4. The summed E-state index contributed by atoms with van der Waals surface area (Å²) in [6.45, 7) is 0.546. The highest BCUT2D eigenvalue weighted by atomic mass is 16.6. The van der Waals surface area contributed by atoms with Crippen LogP contribution in [0.3, 0.4) is 0 Å². The third-order valence-electron chi connectivity index (χ3n) is 2.87. The highest BCUT2D eigenvalue weighted by Crippen LogP contribution is 2.31. The van der Waals surface area contributed by atoms with Crippen molar-refractivity contribution in [2.45, 2.75) is 38.4 Å². The van der Waals surface area contributed by atoms with Gasteiger partial charge in [0.15, 0.2) is 5.79 Å². The van der Waals surface area contributed by atoms with Crippen LogP contribution in [0.1, 0.15) is 32.6 Å². The zero-order chi connectivity index (χ0) is 13.1. The first kappa shape index (κ1) is 13.9. The van der Waals surface area contributed by atoms with Gasteiger partial charge < -0.3 is 20.1 Å². The average Bonchev–Trinajstić information content (AvgIpc) is 2.25. The standard InChI is InChI=1S/C11H18O6/c1-11(15,16)6-17-10(14)8-5-3-2-4-7(8)9(12)13/h7-8,15-16H,2-6H2,1H3,(H,12,13). The molecule has 2 unspecified atom stereocenters. The van der Waals surface area contributed by atoms with Crippen LogP contribution in [0.4, 0.5) is 0 Å². The first-order chi connectivity index (χ1) is 7.81. The monoisotopic (exact) mass is 246 g/mol. The number of hydrogen-bond donors (Lipinski definition) is 3. The van der Waals surface area contributed by atoms with Gasteiger partial charge in [-0.15, -0.1) is 0 Å². The lowest BCUT2D eigenvalue weighted by Crippen LogP contribution is -2.37. The second kappa shape index (κ2) is 5.46. The summed E-state index contributed by atoms with van der Waals surface area (Å²) in [7, 11) is 0. The molecule has 0 saturated heterocycles. The predicted molar refractivity (Wildman–Crippen MR) is 56.9 cm³/mol. The molecule has 0 aromatic carbocycles. The number of carbonyl (C=O) groups is 2. The lowest BCUT2D eigenvalue weighted by Gasteiger charge is -2.27. The van der Waals surface area contributed by atoms with Gasteiger partial charge in [-0.1, -0.05) is 12.8 Å². The molecule has 0 radical (unpaired) electrons. The molecule has 1 fully saturated rings. The molecule has 6 heteroatoms. The van der Waals surface area contributed by atoms with Gasteiger partial charge in [-0.3, -0.25) is 9.59 Å². The van der Waals surface area contributed by atoms with Crippen LogP contribution in [-0.2, 0) is 14.3 Å². The molecule has 0 amide bonds. The highest BCUT2D eigenvalue weighted by molar-refractivity contribution is 5.81. The molecule has 0 heterocycles. The van der Waals surface area contributed by atoms with Crippen molar-refractivity contribution >= 4 is 11.9 Å². The lowest BCUT2D eigenvalue weighted by atomic mass is 9.79. The largest absolute Gasteiger partial charge is 0.481 e. The van der Waals surface area contributed by atoms with Crippen LogP contribution in [0.15, 0.2) is 0 Å². The van der Waals surface area contributed by atoms with Crippen molar-refractivity contribution in [3.05, 3.63) is 0 Å². The topological polar surface area (TPSA) is 104 Å². The Bertz CT molecular complexity index is 293. The van der Waals surface area contributed by atoms with Crippen molar-refractivity contribution in [3.63, 3.8) is 0 Å². The minimum absolute atomic E-state index is 0.463. The SMILES string of the molecule is CC(O)(O)COC(=O)C1CCCCC1C(=O)O. The maximum absolute atomic E-state index is 11.7. The summed E-state index contributed by atoms with van der Waals surface area (Å²) >= 11 is 0. The maximum atomic E-state index is 11.7. The minimum atomic E-state index is -2.08. The summed E-state index contributed by atoms with van der Waals surface area (Å²) in [6.07, 6.45) is 2.52. The Labute approximate surface area is 99.2 Å². The van der Waals surface area contributed by atoms with Crippen molar-refractivity contribution in [2.75, 3.05) is 6.61 Å². The molecular formula is C11H18O6. The number of aliphatic hydroxyl groups is 2. The molecule has 0 aromatic rings. The van der Waals surface area contributed by atoms with E-state index in [4.69, 9.17) is 20.1 Å². The Kier molecular flexibility index (Phi) is 4.47. The average molecular weight is 246 g/mol. The Morgan fingerprint density at radius 1 is 1.24 bits per heavy atom. The van der Waals surface area contributed by atoms with Gasteiger partial charge in [0.05, 0.1) is 11.8 Å². The molecule has 0 spiro atoms. The van der Waals surface area contributed by atoms with Crippen molar-refractivity contribution < 1.29 is 29.6 Å². The van der Waals surface area contributed by atoms with Gasteiger partial charge in [-0.25, -0.2) is 0 Å². The van der Waals surface area contributed by atoms with E-state index in [0.29, 0.717) is 12.8 Å². The molecule has 17 heavy (non-hydrogen) atoms. The molecule has 0 bridgehead atoms. The Morgan fingerprint density at radius 3 is 2.24 bits per heavy atom. The Morgan fingerprint density at radius 2 is 1.76 bits per heavy atom. The van der Waals surface area contributed by atoms with Crippen LogP contribution in [-0.4, -0.2) is 39.7 Å². The molecule has 3 N–H and O–H groups in total. The van der Waals surface area contributed by atoms with Crippen molar-refractivity contribution in [1.82, 2.24) is 0 Å². The fourth-order valence-corrected chi connectivity index (χ4v) is 2.02. The summed E-state index contributed by atoms with van der Waals surface area (Å²) in [6, 6.07) is 0. The summed E-state index contributed by atoms with van der Waals surface area (Å²) < 4.78 is 4.72. The molecule has 1 rings (SSSR count). The molecule has 0 aliphatic heterocycles. The Hall–Kier alpha value is -1.14. The minimum Gasteiger partial charge on any atom is -0.481 e. The fourth-order valence-electron chi connectivity index (χ4n) is 2.02. The second-order valence-electron chi connectivity index (χ2n) is 4.66. The van der Waals surface area contributed by atoms with Gasteiger partial charge in [-0.05, 0) is 19.8 Å². The van der Waals surface area contributed by atoms with E-state index < -0.39 is 36.2 Å². The lowest BCUT2D eigenvalue weighted by molar-refractivity contribution is -0.196. The fraction of sp³-hybridized carbons (Fsp3) is 0.818. The van der Waals surface area contributed by atoms with E-state index in [9.17, 15) is 9.59 Å². The van der Waals surface area contributed by atoms with E-state index >= 15 is 0 Å². The Balaban J connectivity index is 2.56. The number of ether oxygens (including phenoxy) is 1. The summed E-state index contributed by atoms with van der Waals surface area (Å²) in [5.74, 6) is -5.14. The molecule has 1 aliphatic carbocycles. The van der Waals surface area contributed by atoms with E-state index in [1.165, 1.54) is 0 Å². The van der Waals surface area contributed by atoms with Crippen LogP contribution in [0.5, 0.6) is 0 Å². The van der Waals surface area contributed by atoms with Gasteiger partial charge >= 0.3 is 11.9 Å². The zero-order valence-corrected chi connectivity index (χ0v) is 9.76. The number of carbonyl (C=O) groups excluding carboxylic acids is 1. The van der Waals surface area contributed by atoms with E-state index in [1.807, 2.05) is 0 Å². The number of carboxylic acids is 1. The maximum Gasteiger partial charge on any atom is 0.310 e. The van der Waals surface area contributed by atoms with Crippen LogP contribution in [0.2, 0.25) is 0 Å². The van der Waals surface area contributed by atoms with Crippen LogP contribution < -0.4 is 0 Å². The number of esters is 1. The van der Waals surface area contributed by atoms with Crippen LogP contribution in [0, 0.1) is 11.8 Å². The van der Waals surface area contributed by atoms with Crippen molar-refractivity contribution in [1.29, 1.82) is 0 Å². The second-order valence-corrected chi connectivity index (χ2v) is 4.66. The first-order valence-corrected chi connectivity index (χ1v) is 5.65. The van der Waals surface area contributed by atoms with Crippen molar-refractivity contribution in [2.24, 2.45) is 11.8 Å². The molecule has 98 valence electrons. The van der Waals surface area contributed by atoms with E-state index in [0.717, 1.165) is 19.8 Å². The molecule has 1 aliphatic rings. The van der Waals surface area contributed by atoms with Crippen LogP contribution >= 0.6 is 0 Å². The first-order valence-electron chi connectivity index (χ1n) is 5.65. The van der Waals surface area contributed by atoms with Gasteiger partial charge in [0.25, 0.3) is 0 Å². The third kappa shape index (κ3) is 4.32. The van der Waals surface area contributed by atoms with Gasteiger partial charge in [0.1, 0.15) is 6.61 Å². The zero-order valence-electron chi connectivity index (χ0n) is 9.76. The van der Waals surface area contributed by atoms with E-state index in [1.54, 1.807) is 0 Å². The number of carboxylic acid groups (broad SMARTS) is 1. The quantitative estimate of drug-likeness (QED) is 0.481. The van der Waals surface area contributed by atoms with Crippen molar-refractivity contribution in [3.8, 4) is 0 Å². The van der Waals surface area contributed by atoms with Gasteiger partial charge in [0, 0.05) is 0 Å². The number of hydrogen-bond acceptors (Lipinski definition) is 5. The van der Waals surface area contributed by atoms with E-state index in [-0.39, 0.29) is 0 Å². The molecule has 0 aromatic heterocycles. The third-order valence-corrected chi connectivity index (χ3v) is 2.87. The molecule has 6 nitrogen and oxygen atoms in total. The normalized spacial score (nSPS) is 25.4. The number of aliphatic carboxylic acids is 1. The smallest absolute Gasteiger partial charge is 0.310 e. The predicted octanol–water partition coefficient (Wildman–Crippen LogP) is 0.121. The van der Waals surface area contributed by atoms with Gasteiger partial charge in [0.2, 0.25) is 0 Å². The highest BCUT2D eigenvalue weighted by Gasteiger charge is 2.37. The molecule has 2 atom stereocenters. The van der Waals surface area contributed by atoms with E-state index in [2.05, 4.69) is 0 Å².